The first-order chi connectivity index (χ1) is 12.7. The zero-order valence-electron chi connectivity index (χ0n) is 13.3. The van der Waals surface area contributed by atoms with E-state index in [1.165, 1.54) is 6.07 Å². The summed E-state index contributed by atoms with van der Waals surface area (Å²) >= 11 is 6.13. The zero-order chi connectivity index (χ0) is 17.9. The number of rotatable bonds is 2. The molecule has 0 amide bonds. The molecule has 1 aliphatic heterocycles. The van der Waals surface area contributed by atoms with Gasteiger partial charge in [0.15, 0.2) is 5.84 Å². The van der Waals surface area contributed by atoms with Crippen LogP contribution in [0.5, 0.6) is 5.75 Å². The van der Waals surface area contributed by atoms with Gasteiger partial charge >= 0.3 is 0 Å². The van der Waals surface area contributed by atoms with Crippen molar-refractivity contribution in [2.24, 2.45) is 5.10 Å². The molecule has 0 bridgehead atoms. The fourth-order valence-corrected chi connectivity index (χ4v) is 2.74. The lowest BCUT2D eigenvalue weighted by atomic mass is 9.99. The molecule has 0 radical (unpaired) electrons. The number of nitrogens with one attached hydrogen (secondary N) is 4. The number of amidine groups is 1. The summed E-state index contributed by atoms with van der Waals surface area (Å²) in [6, 6.07) is 10.5. The summed E-state index contributed by atoms with van der Waals surface area (Å²) in [5, 5.41) is 20.8. The highest BCUT2D eigenvalue weighted by Gasteiger charge is 2.12. The van der Waals surface area contributed by atoms with Gasteiger partial charge < -0.3 is 5.11 Å². The Hall–Kier alpha value is -3.47. The van der Waals surface area contributed by atoms with Crippen LogP contribution in [0.25, 0.3) is 11.1 Å². The second kappa shape index (κ2) is 6.80. The summed E-state index contributed by atoms with van der Waals surface area (Å²) in [5.41, 5.74) is 12.5. The first kappa shape index (κ1) is 16.0. The number of hydrazine groups is 2. The van der Waals surface area contributed by atoms with Crippen LogP contribution in [0, 0.1) is 11.8 Å². The highest BCUT2D eigenvalue weighted by atomic mass is 35.5. The molecule has 7 nitrogen and oxygen atoms in total. The Balaban J connectivity index is 1.77. The van der Waals surface area contributed by atoms with E-state index in [1.807, 2.05) is 18.2 Å². The summed E-state index contributed by atoms with van der Waals surface area (Å²) in [5.74, 6) is 6.98. The number of hydrogen-bond donors (Lipinski definition) is 5. The maximum atomic E-state index is 9.46. The van der Waals surface area contributed by atoms with Crippen molar-refractivity contribution in [3.8, 4) is 28.7 Å². The third-order valence-corrected chi connectivity index (χ3v) is 4.10. The lowest BCUT2D eigenvalue weighted by Gasteiger charge is -2.06. The fourth-order valence-electron chi connectivity index (χ4n) is 2.51. The van der Waals surface area contributed by atoms with E-state index < -0.39 is 0 Å². The van der Waals surface area contributed by atoms with Crippen LogP contribution in [0.2, 0.25) is 5.02 Å². The van der Waals surface area contributed by atoms with Gasteiger partial charge in [-0.2, -0.15) is 5.10 Å². The summed E-state index contributed by atoms with van der Waals surface area (Å²) < 4.78 is 0. The topological polar surface area (TPSA) is 97.4 Å². The smallest absolute Gasteiger partial charge is 0.170 e. The van der Waals surface area contributed by atoms with Gasteiger partial charge in [0.25, 0.3) is 0 Å². The fraction of sp³-hybridized carbons (Fsp3) is 0. The van der Waals surface area contributed by atoms with Crippen molar-refractivity contribution in [3.05, 3.63) is 70.5 Å². The maximum Gasteiger partial charge on any atom is 0.170 e. The Kier molecular flexibility index (Phi) is 4.19. The van der Waals surface area contributed by atoms with Crippen LogP contribution in [-0.2, 0) is 0 Å². The van der Waals surface area contributed by atoms with Crippen molar-refractivity contribution in [2.45, 2.75) is 0 Å². The highest BCUT2D eigenvalue weighted by molar-refractivity contribution is 6.31. The van der Waals surface area contributed by atoms with Gasteiger partial charge in [-0.15, -0.1) is 10.6 Å². The van der Waals surface area contributed by atoms with Crippen molar-refractivity contribution < 1.29 is 5.11 Å². The minimum Gasteiger partial charge on any atom is -0.508 e. The number of hydrogen-bond acceptors (Lipinski definition) is 6. The second-order valence-corrected chi connectivity index (χ2v) is 5.89. The van der Waals surface area contributed by atoms with Crippen molar-refractivity contribution in [1.82, 2.24) is 26.7 Å². The zero-order valence-corrected chi connectivity index (χ0v) is 14.1. The Bertz CT molecular complexity index is 1050. The number of aromatic nitrogens is 2. The number of phenols is 1. The normalized spacial score (nSPS) is 12.6. The van der Waals surface area contributed by atoms with E-state index >= 15 is 0 Å². The maximum absolute atomic E-state index is 9.46. The van der Waals surface area contributed by atoms with Crippen molar-refractivity contribution in [1.29, 1.82) is 0 Å². The largest absolute Gasteiger partial charge is 0.508 e. The van der Waals surface area contributed by atoms with E-state index in [9.17, 15) is 5.11 Å². The number of H-pyrrole nitrogens is 1. The molecule has 0 aliphatic carbocycles. The lowest BCUT2D eigenvalue weighted by molar-refractivity contribution is 0.475. The molecule has 0 saturated heterocycles. The molecule has 128 valence electrons. The van der Waals surface area contributed by atoms with E-state index in [-0.39, 0.29) is 5.75 Å². The molecule has 8 heteroatoms. The SMILES string of the molecule is Oc1ccc(C#Cc2ccc(C3=NNNN3)cc2-c2cn[nH]c2)c(Cl)c1. The van der Waals surface area contributed by atoms with E-state index in [2.05, 4.69) is 43.6 Å². The number of benzene rings is 2. The molecule has 2 aromatic carbocycles. The Labute approximate surface area is 154 Å². The van der Waals surface area contributed by atoms with Gasteiger partial charge in [0.2, 0.25) is 0 Å². The van der Waals surface area contributed by atoms with Crippen LogP contribution in [0.4, 0.5) is 0 Å². The van der Waals surface area contributed by atoms with Gasteiger partial charge in [-0.1, -0.05) is 23.4 Å². The van der Waals surface area contributed by atoms with Crippen LogP contribution in [0.15, 0.2) is 53.9 Å². The van der Waals surface area contributed by atoms with E-state index in [1.54, 1.807) is 24.5 Å². The van der Waals surface area contributed by atoms with Gasteiger partial charge in [0, 0.05) is 34.0 Å². The van der Waals surface area contributed by atoms with Crippen LogP contribution >= 0.6 is 11.6 Å². The number of halogens is 1. The summed E-state index contributed by atoms with van der Waals surface area (Å²) in [6.45, 7) is 0. The first-order valence-corrected chi connectivity index (χ1v) is 8.06. The molecule has 3 aromatic rings. The molecule has 0 unspecified atom stereocenters. The molecule has 0 atom stereocenters. The number of aromatic amines is 1. The summed E-state index contributed by atoms with van der Waals surface area (Å²) in [6.07, 6.45) is 3.54. The van der Waals surface area contributed by atoms with Crippen LogP contribution in [-0.4, -0.2) is 21.1 Å². The summed E-state index contributed by atoms with van der Waals surface area (Å²) in [7, 11) is 0. The Morgan fingerprint density at radius 1 is 1.00 bits per heavy atom. The number of hydrazone groups is 1. The molecular formula is C18H13ClN6O. The molecule has 26 heavy (non-hydrogen) atoms. The van der Waals surface area contributed by atoms with Gasteiger partial charge in [-0.3, -0.25) is 10.5 Å². The predicted octanol–water partition coefficient (Wildman–Crippen LogP) is 2.11. The molecule has 4 rings (SSSR count). The number of aromatic hydroxyl groups is 1. The molecule has 1 aliphatic rings. The van der Waals surface area contributed by atoms with Gasteiger partial charge in [-0.05, 0) is 36.4 Å². The second-order valence-electron chi connectivity index (χ2n) is 5.48. The molecule has 5 N–H and O–H groups in total. The Morgan fingerprint density at radius 3 is 2.58 bits per heavy atom. The monoisotopic (exact) mass is 364 g/mol. The summed E-state index contributed by atoms with van der Waals surface area (Å²) in [4.78, 5) is 0. The quantitative estimate of drug-likeness (QED) is 0.449. The molecule has 0 fully saturated rings. The average molecular weight is 365 g/mol. The molecule has 0 saturated carbocycles. The minimum absolute atomic E-state index is 0.107. The van der Waals surface area contributed by atoms with E-state index in [0.29, 0.717) is 16.4 Å². The predicted molar refractivity (Wildman–Crippen MR) is 99.1 cm³/mol. The van der Waals surface area contributed by atoms with Gasteiger partial charge in [0.1, 0.15) is 5.75 Å². The van der Waals surface area contributed by atoms with Crippen molar-refractivity contribution >= 4 is 17.4 Å². The average Bonchev–Trinajstić information content (AvgIpc) is 3.35. The highest BCUT2D eigenvalue weighted by Crippen LogP contribution is 2.25. The number of phenolic OH excluding ortho intramolecular Hbond substituents is 1. The molecule has 2 heterocycles. The lowest BCUT2D eigenvalue weighted by Crippen LogP contribution is -2.35. The van der Waals surface area contributed by atoms with Crippen molar-refractivity contribution in [3.63, 3.8) is 0 Å². The van der Waals surface area contributed by atoms with Crippen LogP contribution < -0.4 is 16.5 Å². The molecule has 0 spiro atoms. The third-order valence-electron chi connectivity index (χ3n) is 3.79. The molecule has 1 aromatic heterocycles. The number of nitrogens with zero attached hydrogens (tertiary/aromatic N) is 2. The Morgan fingerprint density at radius 2 is 1.85 bits per heavy atom. The van der Waals surface area contributed by atoms with Gasteiger partial charge in [-0.25, -0.2) is 5.53 Å². The van der Waals surface area contributed by atoms with E-state index in [4.69, 9.17) is 11.6 Å². The standard InChI is InChI=1S/C18H13ClN6O/c19-17-8-15(26)6-5-12(17)3-1-11-2-4-13(18-22-24-25-23-18)7-16(11)14-9-20-21-10-14/h2,4-10,24-26H,(H,20,21)(H,22,23). The molecular weight excluding hydrogens is 352 g/mol. The minimum atomic E-state index is 0.107. The van der Waals surface area contributed by atoms with Crippen LogP contribution in [0.1, 0.15) is 16.7 Å². The van der Waals surface area contributed by atoms with E-state index in [0.717, 1.165) is 22.3 Å². The first-order valence-electron chi connectivity index (χ1n) is 7.68. The van der Waals surface area contributed by atoms with Crippen molar-refractivity contribution in [2.75, 3.05) is 0 Å². The van der Waals surface area contributed by atoms with Crippen LogP contribution in [0.3, 0.4) is 0 Å². The van der Waals surface area contributed by atoms with Gasteiger partial charge in [0.05, 0.1) is 11.2 Å². The third kappa shape index (κ3) is 3.19.